The third kappa shape index (κ3) is 5.82. The topological polar surface area (TPSA) is 123 Å². The van der Waals surface area contributed by atoms with Crippen LogP contribution in [-0.4, -0.2) is 50.9 Å². The summed E-state index contributed by atoms with van der Waals surface area (Å²) in [7, 11) is 3.26. The lowest BCUT2D eigenvalue weighted by Gasteiger charge is -2.10. The first kappa shape index (κ1) is 25.4. The number of rotatable bonds is 8. The van der Waals surface area contributed by atoms with E-state index in [1.165, 1.54) is 12.5 Å². The van der Waals surface area contributed by atoms with Gasteiger partial charge in [-0.05, 0) is 17.2 Å². The highest BCUT2D eigenvalue weighted by molar-refractivity contribution is 6.24. The Morgan fingerprint density at radius 2 is 1.91 bits per heavy atom. The molecule has 9 heteroatoms. The number of aliphatic hydroxyl groups excluding tert-OH is 1. The molecule has 0 radical (unpaired) electrons. The molecule has 0 atom stereocenters. The fraction of sp³-hybridized carbons (Fsp3) is 0.231. The number of methoxy groups -OCH3 is 1. The highest BCUT2D eigenvalue weighted by Crippen LogP contribution is 2.23. The predicted molar refractivity (Wildman–Crippen MR) is 140 cm³/mol. The van der Waals surface area contributed by atoms with Gasteiger partial charge in [0.1, 0.15) is 23.5 Å². The predicted octanol–water partition coefficient (Wildman–Crippen LogP) is 3.80. The molecule has 0 unspecified atom stereocenters. The number of imidazole rings is 1. The molecule has 0 amide bonds. The Kier molecular flexibility index (Phi) is 8.91. The highest BCUT2D eigenvalue weighted by atomic mass is 16.5. The van der Waals surface area contributed by atoms with Gasteiger partial charge in [-0.2, -0.15) is 0 Å². The van der Waals surface area contributed by atoms with Gasteiger partial charge in [-0.15, -0.1) is 0 Å². The van der Waals surface area contributed by atoms with Crippen molar-refractivity contribution in [2.45, 2.75) is 20.4 Å². The quantitative estimate of drug-likeness (QED) is 0.333. The third-order valence-electron chi connectivity index (χ3n) is 5.29. The van der Waals surface area contributed by atoms with Gasteiger partial charge >= 0.3 is 0 Å². The van der Waals surface area contributed by atoms with E-state index in [4.69, 9.17) is 10.5 Å². The summed E-state index contributed by atoms with van der Waals surface area (Å²) >= 11 is 0. The van der Waals surface area contributed by atoms with Crippen molar-refractivity contribution in [2.24, 2.45) is 10.7 Å². The summed E-state index contributed by atoms with van der Waals surface area (Å²) in [5, 5.41) is 12.8. The number of hydrogen-bond donors (Lipinski definition) is 3. The van der Waals surface area contributed by atoms with E-state index in [1.54, 1.807) is 20.4 Å². The van der Waals surface area contributed by atoms with Gasteiger partial charge < -0.3 is 20.9 Å². The number of aromatic nitrogens is 4. The monoisotopic (exact) mass is 473 g/mol. The number of nitrogens with two attached hydrogens (primary N) is 1. The summed E-state index contributed by atoms with van der Waals surface area (Å²) in [5.41, 5.74) is 11.4. The van der Waals surface area contributed by atoms with Crippen molar-refractivity contribution in [3.8, 4) is 17.1 Å². The summed E-state index contributed by atoms with van der Waals surface area (Å²) in [6, 6.07) is 13.5. The molecule has 3 aromatic heterocycles. The van der Waals surface area contributed by atoms with Crippen LogP contribution in [0.1, 0.15) is 25.0 Å². The highest BCUT2D eigenvalue weighted by Gasteiger charge is 2.10. The molecule has 0 spiro atoms. The maximum absolute atomic E-state index is 9.47. The molecule has 0 fully saturated rings. The number of hydrogen-bond acceptors (Lipinski definition) is 8. The molecule has 0 saturated carbocycles. The molecule has 4 aromatic rings. The molecule has 1 aromatic carbocycles. The lowest BCUT2D eigenvalue weighted by Crippen LogP contribution is -2.09. The van der Waals surface area contributed by atoms with Crippen molar-refractivity contribution in [1.82, 2.24) is 19.4 Å². The lowest BCUT2D eigenvalue weighted by atomic mass is 10.0. The van der Waals surface area contributed by atoms with Crippen molar-refractivity contribution in [1.29, 1.82) is 0 Å². The van der Waals surface area contributed by atoms with E-state index in [0.29, 0.717) is 23.6 Å². The zero-order chi connectivity index (χ0) is 25.2. The fourth-order valence-electron chi connectivity index (χ4n) is 3.50. The van der Waals surface area contributed by atoms with Crippen LogP contribution in [-0.2, 0) is 6.54 Å². The molecule has 35 heavy (non-hydrogen) atoms. The molecule has 0 aliphatic heterocycles. The standard InChI is InChI=1S/C24H25N7O2.C2H6/c1-26-21(14-32)19(11-25)17-5-3-16(4-6-17)12-27-23-10-20(29-15-30-23)22-13-28-24-9-18(33-2)7-8-31(22)24;1-2/h3-11,13,15,32H,12,14,25H2,1-2H3,(H,27,29,30);1-2H3/b19-11-,26-21?;. The van der Waals surface area contributed by atoms with Crippen LogP contribution in [0, 0.1) is 0 Å². The zero-order valence-corrected chi connectivity index (χ0v) is 20.4. The molecule has 4 N–H and O–H groups in total. The molecule has 182 valence electrons. The Balaban J connectivity index is 0.00000167. The minimum Gasteiger partial charge on any atom is -0.497 e. The Bertz CT molecular complexity index is 1310. The molecule has 0 saturated heterocycles. The number of aliphatic hydroxyl groups is 1. The van der Waals surface area contributed by atoms with Gasteiger partial charge in [0.2, 0.25) is 0 Å². The van der Waals surface area contributed by atoms with Gasteiger partial charge in [0.25, 0.3) is 0 Å². The number of anilines is 1. The van der Waals surface area contributed by atoms with Crippen molar-refractivity contribution in [3.05, 3.63) is 78.5 Å². The SMILES string of the molecule is CC.CN=C(CO)/C(=C\N)c1ccc(CNc2cc(-c3cnc4cc(OC)ccn34)ncn2)cc1. The molecule has 9 nitrogen and oxygen atoms in total. The lowest BCUT2D eigenvalue weighted by molar-refractivity contribution is 0.358. The normalized spacial score (nSPS) is 11.7. The van der Waals surface area contributed by atoms with Crippen molar-refractivity contribution >= 4 is 22.7 Å². The summed E-state index contributed by atoms with van der Waals surface area (Å²) in [5.74, 6) is 1.45. The van der Waals surface area contributed by atoms with Gasteiger partial charge in [-0.3, -0.25) is 9.39 Å². The Morgan fingerprint density at radius 3 is 2.57 bits per heavy atom. The van der Waals surface area contributed by atoms with Crippen LogP contribution in [0.5, 0.6) is 5.75 Å². The summed E-state index contributed by atoms with van der Waals surface area (Å²) in [4.78, 5) is 17.3. The van der Waals surface area contributed by atoms with E-state index >= 15 is 0 Å². The average molecular weight is 474 g/mol. The van der Waals surface area contributed by atoms with Gasteiger partial charge in [-0.25, -0.2) is 15.0 Å². The van der Waals surface area contributed by atoms with Crippen LogP contribution in [0.3, 0.4) is 0 Å². The van der Waals surface area contributed by atoms with Crippen LogP contribution in [0.2, 0.25) is 0 Å². The van der Waals surface area contributed by atoms with E-state index in [1.807, 2.05) is 66.9 Å². The van der Waals surface area contributed by atoms with E-state index in [2.05, 4.69) is 25.3 Å². The molecule has 0 aliphatic carbocycles. The van der Waals surface area contributed by atoms with E-state index in [9.17, 15) is 5.11 Å². The second-order valence-corrected chi connectivity index (χ2v) is 7.19. The minimum atomic E-state index is -0.168. The smallest absolute Gasteiger partial charge is 0.140 e. The van der Waals surface area contributed by atoms with Crippen molar-refractivity contribution in [3.63, 3.8) is 0 Å². The van der Waals surface area contributed by atoms with Gasteiger partial charge in [0.15, 0.2) is 0 Å². The molecular weight excluding hydrogens is 442 g/mol. The molecule has 0 aliphatic rings. The Morgan fingerprint density at radius 1 is 1.14 bits per heavy atom. The van der Waals surface area contributed by atoms with Crippen LogP contribution in [0.15, 0.2) is 72.4 Å². The van der Waals surface area contributed by atoms with Gasteiger partial charge in [0, 0.05) is 43.7 Å². The van der Waals surface area contributed by atoms with Crippen molar-refractivity contribution in [2.75, 3.05) is 26.1 Å². The summed E-state index contributed by atoms with van der Waals surface area (Å²) < 4.78 is 7.22. The Hall–Kier alpha value is -4.24. The molecule has 3 heterocycles. The number of fused-ring (bicyclic) bond motifs is 1. The largest absolute Gasteiger partial charge is 0.497 e. The summed E-state index contributed by atoms with van der Waals surface area (Å²) in [6.45, 7) is 4.41. The third-order valence-corrected chi connectivity index (χ3v) is 5.29. The number of nitrogens with one attached hydrogen (secondary N) is 1. The van der Waals surface area contributed by atoms with E-state index in [-0.39, 0.29) is 6.61 Å². The summed E-state index contributed by atoms with van der Waals surface area (Å²) in [6.07, 6.45) is 6.68. The number of aliphatic imine (C=N–C) groups is 1. The number of nitrogens with zero attached hydrogens (tertiary/aromatic N) is 5. The van der Waals surface area contributed by atoms with Crippen molar-refractivity contribution < 1.29 is 9.84 Å². The number of pyridine rings is 1. The Labute approximate surface area is 205 Å². The second-order valence-electron chi connectivity index (χ2n) is 7.19. The molecule has 4 rings (SSSR count). The van der Waals surface area contributed by atoms with Crippen LogP contribution < -0.4 is 15.8 Å². The maximum atomic E-state index is 9.47. The average Bonchev–Trinajstić information content (AvgIpc) is 3.35. The zero-order valence-electron chi connectivity index (χ0n) is 20.4. The first-order valence-electron chi connectivity index (χ1n) is 11.3. The van der Waals surface area contributed by atoms with Crippen LogP contribution >= 0.6 is 0 Å². The second kappa shape index (κ2) is 12.3. The molecule has 0 bridgehead atoms. The first-order valence-corrected chi connectivity index (χ1v) is 11.3. The van der Waals surface area contributed by atoms with E-state index < -0.39 is 0 Å². The van der Waals surface area contributed by atoms with Gasteiger partial charge in [0.05, 0.1) is 37.0 Å². The number of ether oxygens (including phenoxy) is 1. The van der Waals surface area contributed by atoms with Crippen LogP contribution in [0.25, 0.3) is 22.6 Å². The van der Waals surface area contributed by atoms with Gasteiger partial charge in [-0.1, -0.05) is 38.1 Å². The first-order chi connectivity index (χ1) is 17.2. The van der Waals surface area contributed by atoms with E-state index in [0.717, 1.165) is 33.9 Å². The fourth-order valence-corrected chi connectivity index (χ4v) is 3.50. The number of benzene rings is 1. The van der Waals surface area contributed by atoms with Crippen LogP contribution in [0.4, 0.5) is 5.82 Å². The minimum absolute atomic E-state index is 0.168. The molecular formula is C26H31N7O2. The maximum Gasteiger partial charge on any atom is 0.140 e.